The first kappa shape index (κ1) is 20.1. The molecule has 0 saturated heterocycles. The van der Waals surface area contributed by atoms with E-state index < -0.39 is 12.0 Å². The predicted molar refractivity (Wildman–Crippen MR) is 89.2 cm³/mol. The fourth-order valence-electron chi connectivity index (χ4n) is 1.83. The minimum atomic E-state index is -0.914. The average molecular weight is 338 g/mol. The molecule has 0 saturated carbocycles. The molecule has 1 atom stereocenters. The second kappa shape index (κ2) is 12.5. The third-order valence-electron chi connectivity index (χ3n) is 3.16. The van der Waals surface area contributed by atoms with Gasteiger partial charge in [0.15, 0.2) is 0 Å². The van der Waals surface area contributed by atoms with Crippen LogP contribution in [0.25, 0.3) is 0 Å². The van der Waals surface area contributed by atoms with E-state index in [9.17, 15) is 9.59 Å². The van der Waals surface area contributed by atoms with E-state index in [2.05, 4.69) is 5.32 Å². The maximum atomic E-state index is 11.8. The van der Waals surface area contributed by atoms with Crippen LogP contribution in [-0.2, 0) is 30.4 Å². The minimum absolute atomic E-state index is 0.150. The molecule has 1 unspecified atom stereocenters. The Bertz CT molecular complexity index is 481. The van der Waals surface area contributed by atoms with Crippen LogP contribution in [0.2, 0.25) is 0 Å². The molecule has 0 aliphatic heterocycles. The van der Waals surface area contributed by atoms with Crippen LogP contribution in [0.3, 0.4) is 0 Å². The molecule has 0 bridgehead atoms. The molecule has 1 aromatic carbocycles. The first-order valence-corrected chi connectivity index (χ1v) is 7.93. The van der Waals surface area contributed by atoms with Gasteiger partial charge in [-0.2, -0.15) is 0 Å². The Hall–Kier alpha value is -1.96. The van der Waals surface area contributed by atoms with Crippen LogP contribution in [0.15, 0.2) is 30.3 Å². The van der Waals surface area contributed by atoms with Gasteiger partial charge in [-0.15, -0.1) is 0 Å². The van der Waals surface area contributed by atoms with E-state index in [-0.39, 0.29) is 18.9 Å². The Labute approximate surface area is 142 Å². The molecule has 0 aromatic heterocycles. The highest BCUT2D eigenvalue weighted by atomic mass is 16.5. The molecular formula is C17H26N2O5. The molecule has 24 heavy (non-hydrogen) atoms. The molecule has 1 rings (SSSR count). The molecule has 0 radical (unpaired) electrons. The van der Waals surface area contributed by atoms with E-state index in [1.165, 1.54) is 0 Å². The SMILES string of the molecule is COCCOCCCNC(=O)C(N)CC(=O)OCc1ccccc1. The van der Waals surface area contributed by atoms with Gasteiger partial charge < -0.3 is 25.3 Å². The van der Waals surface area contributed by atoms with Gasteiger partial charge in [-0.1, -0.05) is 30.3 Å². The van der Waals surface area contributed by atoms with Crippen molar-refractivity contribution in [3.8, 4) is 0 Å². The highest BCUT2D eigenvalue weighted by Gasteiger charge is 2.18. The lowest BCUT2D eigenvalue weighted by molar-refractivity contribution is -0.146. The standard InChI is InChI=1S/C17H26N2O5/c1-22-10-11-23-9-5-8-19-17(21)15(18)12-16(20)24-13-14-6-3-2-4-7-14/h2-4,6-7,15H,5,8-13,18H2,1H3,(H,19,21). The fraction of sp³-hybridized carbons (Fsp3) is 0.529. The Morgan fingerprint density at radius 2 is 1.92 bits per heavy atom. The molecule has 1 amide bonds. The quantitative estimate of drug-likeness (QED) is 0.428. The Morgan fingerprint density at radius 1 is 1.17 bits per heavy atom. The van der Waals surface area contributed by atoms with Gasteiger partial charge in [-0.3, -0.25) is 9.59 Å². The number of benzene rings is 1. The van der Waals surface area contributed by atoms with Gasteiger partial charge in [-0.05, 0) is 12.0 Å². The second-order valence-electron chi connectivity index (χ2n) is 5.21. The zero-order valence-electron chi connectivity index (χ0n) is 14.0. The number of nitrogens with one attached hydrogen (secondary N) is 1. The van der Waals surface area contributed by atoms with Crippen molar-refractivity contribution in [2.75, 3.05) is 33.5 Å². The molecule has 0 heterocycles. The largest absolute Gasteiger partial charge is 0.461 e. The van der Waals surface area contributed by atoms with E-state index in [0.29, 0.717) is 32.8 Å². The summed E-state index contributed by atoms with van der Waals surface area (Å²) in [5.41, 5.74) is 6.59. The van der Waals surface area contributed by atoms with Crippen molar-refractivity contribution in [3.63, 3.8) is 0 Å². The molecule has 7 nitrogen and oxygen atoms in total. The molecule has 134 valence electrons. The van der Waals surface area contributed by atoms with E-state index in [1.807, 2.05) is 30.3 Å². The Morgan fingerprint density at radius 3 is 2.62 bits per heavy atom. The summed E-state index contributed by atoms with van der Waals surface area (Å²) >= 11 is 0. The second-order valence-corrected chi connectivity index (χ2v) is 5.21. The summed E-state index contributed by atoms with van der Waals surface area (Å²) in [6.45, 7) is 2.21. The highest BCUT2D eigenvalue weighted by molar-refractivity contribution is 5.86. The molecule has 0 spiro atoms. The van der Waals surface area contributed by atoms with Gasteiger partial charge in [0, 0.05) is 20.3 Å². The maximum Gasteiger partial charge on any atom is 0.308 e. The van der Waals surface area contributed by atoms with E-state index in [0.717, 1.165) is 5.56 Å². The van der Waals surface area contributed by atoms with Crippen molar-refractivity contribution in [3.05, 3.63) is 35.9 Å². The summed E-state index contributed by atoms with van der Waals surface area (Å²) in [5.74, 6) is -0.868. The zero-order chi connectivity index (χ0) is 17.6. The summed E-state index contributed by atoms with van der Waals surface area (Å²) in [5, 5.41) is 2.67. The molecular weight excluding hydrogens is 312 g/mol. The van der Waals surface area contributed by atoms with Crippen LogP contribution in [0.4, 0.5) is 0 Å². The Kier molecular flexibility index (Phi) is 10.4. The number of carbonyl (C=O) groups is 2. The topological polar surface area (TPSA) is 99.9 Å². The van der Waals surface area contributed by atoms with Crippen LogP contribution in [0.1, 0.15) is 18.4 Å². The number of hydrogen-bond donors (Lipinski definition) is 2. The number of hydrogen-bond acceptors (Lipinski definition) is 6. The summed E-state index contributed by atoms with van der Waals surface area (Å²) in [6.07, 6.45) is 0.517. The molecule has 1 aromatic rings. The van der Waals surface area contributed by atoms with Gasteiger partial charge in [-0.25, -0.2) is 0 Å². The molecule has 3 N–H and O–H groups in total. The first-order chi connectivity index (χ1) is 11.6. The molecule has 0 fully saturated rings. The summed E-state index contributed by atoms with van der Waals surface area (Å²) < 4.78 is 15.2. The number of nitrogens with two attached hydrogens (primary N) is 1. The highest BCUT2D eigenvalue weighted by Crippen LogP contribution is 2.02. The number of methoxy groups -OCH3 is 1. The number of rotatable bonds is 12. The van der Waals surface area contributed by atoms with E-state index in [4.69, 9.17) is 19.9 Å². The normalized spacial score (nSPS) is 11.8. The van der Waals surface area contributed by atoms with Crippen molar-refractivity contribution in [2.45, 2.75) is 25.5 Å². The lowest BCUT2D eigenvalue weighted by atomic mass is 10.2. The van der Waals surface area contributed by atoms with Crippen molar-refractivity contribution in [2.24, 2.45) is 5.73 Å². The minimum Gasteiger partial charge on any atom is -0.461 e. The lowest BCUT2D eigenvalue weighted by Gasteiger charge is -2.12. The van der Waals surface area contributed by atoms with Gasteiger partial charge in [0.2, 0.25) is 5.91 Å². The van der Waals surface area contributed by atoms with Gasteiger partial charge in [0.05, 0.1) is 25.7 Å². The smallest absolute Gasteiger partial charge is 0.308 e. The third-order valence-corrected chi connectivity index (χ3v) is 3.16. The summed E-state index contributed by atoms with van der Waals surface area (Å²) in [6, 6.07) is 8.41. The van der Waals surface area contributed by atoms with Crippen molar-refractivity contribution in [1.82, 2.24) is 5.32 Å². The molecule has 0 aliphatic rings. The number of amides is 1. The van der Waals surface area contributed by atoms with E-state index in [1.54, 1.807) is 7.11 Å². The van der Waals surface area contributed by atoms with E-state index >= 15 is 0 Å². The lowest BCUT2D eigenvalue weighted by Crippen LogP contribution is -2.42. The summed E-state index contributed by atoms with van der Waals surface area (Å²) in [7, 11) is 1.61. The number of ether oxygens (including phenoxy) is 3. The van der Waals surface area contributed by atoms with Crippen LogP contribution >= 0.6 is 0 Å². The van der Waals surface area contributed by atoms with Crippen LogP contribution in [-0.4, -0.2) is 51.4 Å². The third kappa shape index (κ3) is 9.24. The van der Waals surface area contributed by atoms with Gasteiger partial charge in [0.1, 0.15) is 6.61 Å². The number of esters is 1. The van der Waals surface area contributed by atoms with Crippen molar-refractivity contribution < 1.29 is 23.8 Å². The van der Waals surface area contributed by atoms with Crippen LogP contribution in [0.5, 0.6) is 0 Å². The van der Waals surface area contributed by atoms with Gasteiger partial charge in [0.25, 0.3) is 0 Å². The zero-order valence-corrected chi connectivity index (χ0v) is 14.0. The van der Waals surface area contributed by atoms with Crippen LogP contribution in [0, 0.1) is 0 Å². The van der Waals surface area contributed by atoms with Crippen molar-refractivity contribution >= 4 is 11.9 Å². The predicted octanol–water partition coefficient (Wildman–Crippen LogP) is 0.617. The number of carbonyl (C=O) groups excluding carboxylic acids is 2. The first-order valence-electron chi connectivity index (χ1n) is 7.93. The fourth-order valence-corrected chi connectivity index (χ4v) is 1.83. The maximum absolute atomic E-state index is 11.8. The molecule has 7 heteroatoms. The monoisotopic (exact) mass is 338 g/mol. The van der Waals surface area contributed by atoms with Gasteiger partial charge >= 0.3 is 5.97 Å². The van der Waals surface area contributed by atoms with Crippen LogP contribution < -0.4 is 11.1 Å². The average Bonchev–Trinajstić information content (AvgIpc) is 2.60. The van der Waals surface area contributed by atoms with Crippen molar-refractivity contribution in [1.29, 1.82) is 0 Å². The Balaban J connectivity index is 2.11. The molecule has 0 aliphatic carbocycles. The summed E-state index contributed by atoms with van der Waals surface area (Å²) in [4.78, 5) is 23.5.